The lowest BCUT2D eigenvalue weighted by molar-refractivity contribution is 0.664. The van der Waals surface area contributed by atoms with Crippen molar-refractivity contribution in [3.8, 4) is 5.69 Å². The van der Waals surface area contributed by atoms with Crippen molar-refractivity contribution >= 4 is 27.9 Å². The van der Waals surface area contributed by atoms with Gasteiger partial charge in [0.15, 0.2) is 5.65 Å². The van der Waals surface area contributed by atoms with Gasteiger partial charge in [0.2, 0.25) is 0 Å². The molecule has 0 aliphatic rings. The standard InChI is InChI=1S/C19H15N7/c20-18-14-10-23-25(19(14)22-12-21-18)11-17-24-15-8-4-5-9-16(15)26(17)13-6-2-1-3-7-13/h1-10,12H,11H2,(H2,20,21,22). The number of hydrogen-bond donors (Lipinski definition) is 1. The van der Waals surface area contributed by atoms with Crippen LogP contribution in [0.25, 0.3) is 27.8 Å². The van der Waals surface area contributed by atoms with Gasteiger partial charge in [-0.1, -0.05) is 30.3 Å². The summed E-state index contributed by atoms with van der Waals surface area (Å²) in [6.45, 7) is 0.476. The Balaban J connectivity index is 1.70. The molecule has 126 valence electrons. The van der Waals surface area contributed by atoms with E-state index in [0.717, 1.165) is 27.9 Å². The Bertz CT molecular complexity index is 1220. The van der Waals surface area contributed by atoms with E-state index < -0.39 is 0 Å². The minimum atomic E-state index is 0.429. The molecule has 0 atom stereocenters. The Morgan fingerprint density at radius 3 is 2.62 bits per heavy atom. The quantitative estimate of drug-likeness (QED) is 0.545. The van der Waals surface area contributed by atoms with Crippen molar-refractivity contribution in [1.82, 2.24) is 29.3 Å². The van der Waals surface area contributed by atoms with Crippen LogP contribution >= 0.6 is 0 Å². The number of aromatic nitrogens is 6. The van der Waals surface area contributed by atoms with Crippen LogP contribution in [0, 0.1) is 0 Å². The molecule has 0 fully saturated rings. The number of rotatable bonds is 3. The van der Waals surface area contributed by atoms with Gasteiger partial charge < -0.3 is 5.73 Å². The molecular formula is C19H15N7. The van der Waals surface area contributed by atoms with Crippen molar-refractivity contribution in [2.24, 2.45) is 0 Å². The number of nitrogen functional groups attached to an aromatic ring is 1. The second-order valence-electron chi connectivity index (χ2n) is 5.99. The van der Waals surface area contributed by atoms with E-state index in [1.54, 1.807) is 10.9 Å². The van der Waals surface area contributed by atoms with Crippen LogP contribution in [0.15, 0.2) is 67.1 Å². The lowest BCUT2D eigenvalue weighted by atomic mass is 10.3. The van der Waals surface area contributed by atoms with E-state index in [9.17, 15) is 0 Å². The van der Waals surface area contributed by atoms with Crippen LogP contribution in [0.2, 0.25) is 0 Å². The van der Waals surface area contributed by atoms with Gasteiger partial charge in [0.25, 0.3) is 0 Å². The normalized spacial score (nSPS) is 11.4. The average Bonchev–Trinajstić information content (AvgIpc) is 3.25. The van der Waals surface area contributed by atoms with Crippen molar-refractivity contribution in [2.45, 2.75) is 6.54 Å². The fourth-order valence-electron chi connectivity index (χ4n) is 3.21. The van der Waals surface area contributed by atoms with E-state index in [-0.39, 0.29) is 0 Å². The molecule has 5 rings (SSSR count). The molecule has 2 aromatic carbocycles. The van der Waals surface area contributed by atoms with Gasteiger partial charge in [-0.15, -0.1) is 0 Å². The summed E-state index contributed by atoms with van der Waals surface area (Å²) >= 11 is 0. The fraction of sp³-hybridized carbons (Fsp3) is 0.0526. The van der Waals surface area contributed by atoms with Gasteiger partial charge in [0.1, 0.15) is 24.5 Å². The van der Waals surface area contributed by atoms with Crippen molar-refractivity contribution in [3.05, 3.63) is 72.9 Å². The Labute approximate surface area is 148 Å². The van der Waals surface area contributed by atoms with Gasteiger partial charge in [-0.3, -0.25) is 4.57 Å². The van der Waals surface area contributed by atoms with Crippen LogP contribution in [0.5, 0.6) is 0 Å². The number of hydrogen-bond acceptors (Lipinski definition) is 5. The summed E-state index contributed by atoms with van der Waals surface area (Å²) in [7, 11) is 0. The Morgan fingerprint density at radius 2 is 1.73 bits per heavy atom. The van der Waals surface area contributed by atoms with E-state index in [1.807, 2.05) is 36.4 Å². The second-order valence-corrected chi connectivity index (χ2v) is 5.99. The maximum absolute atomic E-state index is 5.92. The summed E-state index contributed by atoms with van der Waals surface area (Å²) in [5.41, 5.74) is 9.67. The van der Waals surface area contributed by atoms with Gasteiger partial charge in [0, 0.05) is 5.69 Å². The molecule has 0 saturated heterocycles. The predicted octanol–water partition coefficient (Wildman–Crippen LogP) is 2.80. The Kier molecular flexibility index (Phi) is 3.18. The monoisotopic (exact) mass is 341 g/mol. The van der Waals surface area contributed by atoms with Crippen LogP contribution in [-0.4, -0.2) is 29.3 Å². The number of imidazole rings is 1. The molecule has 2 N–H and O–H groups in total. The second kappa shape index (κ2) is 5.66. The number of nitrogens with two attached hydrogens (primary N) is 1. The highest BCUT2D eigenvalue weighted by atomic mass is 15.3. The van der Waals surface area contributed by atoms with Crippen LogP contribution in [0.1, 0.15) is 5.82 Å². The SMILES string of the molecule is Nc1ncnc2c1cnn2Cc1nc2ccccc2n1-c1ccccc1. The summed E-state index contributed by atoms with van der Waals surface area (Å²) in [5.74, 6) is 1.30. The highest BCUT2D eigenvalue weighted by Crippen LogP contribution is 2.23. The van der Waals surface area contributed by atoms with Gasteiger partial charge in [-0.05, 0) is 24.3 Å². The number of anilines is 1. The van der Waals surface area contributed by atoms with E-state index in [0.29, 0.717) is 18.0 Å². The van der Waals surface area contributed by atoms with Gasteiger partial charge in [0.05, 0.1) is 22.6 Å². The highest BCUT2D eigenvalue weighted by molar-refractivity contribution is 5.84. The van der Waals surface area contributed by atoms with Crippen LogP contribution in [0.4, 0.5) is 5.82 Å². The molecule has 3 heterocycles. The molecule has 5 aromatic rings. The minimum absolute atomic E-state index is 0.429. The number of fused-ring (bicyclic) bond motifs is 2. The molecule has 0 aliphatic heterocycles. The third-order valence-electron chi connectivity index (χ3n) is 4.40. The van der Waals surface area contributed by atoms with Crippen molar-refractivity contribution in [2.75, 3.05) is 5.73 Å². The summed E-state index contributed by atoms with van der Waals surface area (Å²) in [6.07, 6.45) is 3.15. The van der Waals surface area contributed by atoms with Gasteiger partial charge >= 0.3 is 0 Å². The largest absolute Gasteiger partial charge is 0.383 e. The molecule has 0 saturated carbocycles. The first-order chi connectivity index (χ1) is 12.8. The molecular weight excluding hydrogens is 326 g/mol. The van der Waals surface area contributed by atoms with Crippen molar-refractivity contribution in [1.29, 1.82) is 0 Å². The number of benzene rings is 2. The average molecular weight is 341 g/mol. The first kappa shape index (κ1) is 14.6. The third-order valence-corrected chi connectivity index (χ3v) is 4.40. The zero-order valence-electron chi connectivity index (χ0n) is 13.8. The summed E-state index contributed by atoms with van der Waals surface area (Å²) in [4.78, 5) is 13.2. The molecule has 0 unspecified atom stereocenters. The third kappa shape index (κ3) is 2.21. The number of para-hydroxylation sites is 3. The lowest BCUT2D eigenvalue weighted by Crippen LogP contribution is -2.09. The maximum atomic E-state index is 5.92. The van der Waals surface area contributed by atoms with Gasteiger partial charge in [-0.25, -0.2) is 19.6 Å². The van der Waals surface area contributed by atoms with E-state index in [4.69, 9.17) is 10.7 Å². The fourth-order valence-corrected chi connectivity index (χ4v) is 3.21. The smallest absolute Gasteiger partial charge is 0.163 e. The molecule has 26 heavy (non-hydrogen) atoms. The zero-order valence-corrected chi connectivity index (χ0v) is 13.8. The van der Waals surface area contributed by atoms with Crippen LogP contribution in [0.3, 0.4) is 0 Å². The summed E-state index contributed by atoms with van der Waals surface area (Å²) in [5, 5.41) is 5.18. The van der Waals surface area contributed by atoms with Crippen LogP contribution in [-0.2, 0) is 6.54 Å². The molecule has 0 aliphatic carbocycles. The molecule has 0 spiro atoms. The highest BCUT2D eigenvalue weighted by Gasteiger charge is 2.15. The minimum Gasteiger partial charge on any atom is -0.383 e. The lowest BCUT2D eigenvalue weighted by Gasteiger charge is -2.09. The van der Waals surface area contributed by atoms with E-state index in [2.05, 4.69) is 37.8 Å². The first-order valence-corrected chi connectivity index (χ1v) is 8.25. The molecule has 0 radical (unpaired) electrons. The number of nitrogens with zero attached hydrogens (tertiary/aromatic N) is 6. The zero-order chi connectivity index (χ0) is 17.5. The van der Waals surface area contributed by atoms with Gasteiger partial charge in [-0.2, -0.15) is 5.10 Å². The summed E-state index contributed by atoms with van der Waals surface area (Å²) in [6, 6.07) is 18.3. The first-order valence-electron chi connectivity index (χ1n) is 8.25. The molecule has 7 heteroatoms. The van der Waals surface area contributed by atoms with E-state index in [1.165, 1.54) is 6.33 Å². The van der Waals surface area contributed by atoms with Crippen LogP contribution < -0.4 is 5.73 Å². The Hall–Kier alpha value is -3.74. The predicted molar refractivity (Wildman–Crippen MR) is 99.9 cm³/mol. The molecule has 7 nitrogen and oxygen atoms in total. The maximum Gasteiger partial charge on any atom is 0.163 e. The van der Waals surface area contributed by atoms with Crippen molar-refractivity contribution in [3.63, 3.8) is 0 Å². The molecule has 0 amide bonds. The molecule has 3 aromatic heterocycles. The van der Waals surface area contributed by atoms with E-state index >= 15 is 0 Å². The topological polar surface area (TPSA) is 87.4 Å². The van der Waals surface area contributed by atoms with Crippen molar-refractivity contribution < 1.29 is 0 Å². The summed E-state index contributed by atoms with van der Waals surface area (Å²) < 4.78 is 3.95. The molecule has 0 bridgehead atoms. The Morgan fingerprint density at radius 1 is 0.923 bits per heavy atom.